The van der Waals surface area contributed by atoms with E-state index in [0.29, 0.717) is 18.2 Å². The second kappa shape index (κ2) is 18.4. The molecule has 0 aliphatic carbocycles. The van der Waals surface area contributed by atoms with Crippen LogP contribution in [-0.2, 0) is 22.3 Å². The van der Waals surface area contributed by atoms with Gasteiger partial charge in [-0.15, -0.1) is 35.1 Å². The highest BCUT2D eigenvalue weighted by atomic mass is 35.5. The normalized spacial score (nSPS) is 15.1. The number of nitrogens with one attached hydrogen (secondary N) is 1. The van der Waals surface area contributed by atoms with E-state index in [4.69, 9.17) is 9.47 Å². The van der Waals surface area contributed by atoms with Gasteiger partial charge in [-0.25, -0.2) is 0 Å². The molecule has 0 amide bonds. The summed E-state index contributed by atoms with van der Waals surface area (Å²) in [5, 5.41) is 7.42. The van der Waals surface area contributed by atoms with Gasteiger partial charge in [0.2, 0.25) is 0 Å². The van der Waals surface area contributed by atoms with E-state index in [9.17, 15) is 0 Å². The Bertz CT molecular complexity index is 1090. The maximum Gasteiger partial charge on any atom is 0.0829 e. The number of hydrogen-bond donors (Lipinski definition) is 1. The molecule has 2 saturated heterocycles. The third kappa shape index (κ3) is 10.1. The third-order valence-corrected chi connectivity index (χ3v) is 8.65. The van der Waals surface area contributed by atoms with Crippen molar-refractivity contribution in [3.8, 4) is 0 Å². The largest absolute Gasteiger partial charge is 0.375 e. The molecule has 216 valence electrons. The summed E-state index contributed by atoms with van der Waals surface area (Å²) >= 11 is 3.61. The first kappa shape index (κ1) is 32.5. The lowest BCUT2D eigenvalue weighted by atomic mass is 9.94. The van der Waals surface area contributed by atoms with Crippen LogP contribution in [0.3, 0.4) is 0 Å². The molecule has 4 heterocycles. The Hall–Kier alpha value is -2.03. The second-order valence-electron chi connectivity index (χ2n) is 9.48. The van der Waals surface area contributed by atoms with Crippen molar-refractivity contribution in [2.24, 2.45) is 0 Å². The van der Waals surface area contributed by atoms with Gasteiger partial charge < -0.3 is 14.8 Å². The summed E-state index contributed by atoms with van der Waals surface area (Å²) in [7, 11) is 0. The van der Waals surface area contributed by atoms with Crippen molar-refractivity contribution >= 4 is 35.1 Å². The summed E-state index contributed by atoms with van der Waals surface area (Å²) in [6, 6.07) is 30.4. The molecule has 2 fully saturated rings. The van der Waals surface area contributed by atoms with Crippen LogP contribution in [0.4, 0.5) is 0 Å². The summed E-state index contributed by atoms with van der Waals surface area (Å²) in [6.07, 6.45) is 2.92. The van der Waals surface area contributed by atoms with Gasteiger partial charge in [0.1, 0.15) is 0 Å². The molecule has 0 unspecified atom stereocenters. The predicted molar refractivity (Wildman–Crippen MR) is 173 cm³/mol. The molecule has 0 saturated carbocycles. The van der Waals surface area contributed by atoms with Gasteiger partial charge in [0, 0.05) is 48.8 Å². The fourth-order valence-electron chi connectivity index (χ4n) is 4.61. The molecule has 0 atom stereocenters. The highest BCUT2D eigenvalue weighted by molar-refractivity contribution is 7.10. The minimum atomic E-state index is 0. The van der Waals surface area contributed by atoms with E-state index in [2.05, 4.69) is 106 Å². The molecule has 0 bridgehead atoms. The standard InChI is InChI=1S/C22H23NOS.C9H13NOS.C2H6.ClH/c1-3-8-18(9-4-1)22(19-10-5-2-6-11-19)23-16-20(17-23)24-14-13-21-12-7-15-25-21;1-2-9(12-5-1)3-4-11-8-6-10-7-8;1-2;/h1-12,15,20,22H,13-14,16-17H2;1-2,5,8,10H,3-4,6-7H2;1-2H3;1H. The Labute approximate surface area is 254 Å². The van der Waals surface area contributed by atoms with Crippen LogP contribution in [0.5, 0.6) is 0 Å². The average Bonchev–Trinajstić information content (AvgIpc) is 3.66. The van der Waals surface area contributed by atoms with E-state index in [1.807, 2.05) is 25.2 Å². The third-order valence-electron chi connectivity index (χ3n) is 6.78. The molecule has 7 heteroatoms. The van der Waals surface area contributed by atoms with Crippen molar-refractivity contribution in [2.45, 2.75) is 44.9 Å². The van der Waals surface area contributed by atoms with Crippen molar-refractivity contribution in [1.29, 1.82) is 0 Å². The number of hydrogen-bond acceptors (Lipinski definition) is 6. The Morgan fingerprint density at radius 2 is 1.18 bits per heavy atom. The number of ether oxygens (including phenoxy) is 2. The number of benzene rings is 2. The lowest BCUT2D eigenvalue weighted by Gasteiger charge is -2.44. The first-order valence-corrected chi connectivity index (χ1v) is 15.9. The van der Waals surface area contributed by atoms with Crippen molar-refractivity contribution in [1.82, 2.24) is 10.2 Å². The minimum Gasteiger partial charge on any atom is -0.375 e. The molecule has 0 radical (unpaired) electrons. The zero-order valence-corrected chi connectivity index (χ0v) is 26.1. The van der Waals surface area contributed by atoms with E-state index in [0.717, 1.165) is 52.2 Å². The Balaban J connectivity index is 0.000000248. The zero-order chi connectivity index (χ0) is 27.1. The van der Waals surface area contributed by atoms with Gasteiger partial charge in [0.05, 0.1) is 31.5 Å². The first-order valence-electron chi connectivity index (χ1n) is 14.2. The number of nitrogens with zero attached hydrogens (tertiary/aromatic N) is 1. The summed E-state index contributed by atoms with van der Waals surface area (Å²) in [5.41, 5.74) is 2.71. The molecule has 40 heavy (non-hydrogen) atoms. The number of halogens is 1. The Kier molecular flexibility index (Phi) is 15.0. The molecule has 2 aromatic carbocycles. The van der Waals surface area contributed by atoms with Gasteiger partial charge in [-0.2, -0.15) is 0 Å². The lowest BCUT2D eigenvalue weighted by molar-refractivity contribution is -0.0653. The van der Waals surface area contributed by atoms with Gasteiger partial charge in [-0.1, -0.05) is 86.6 Å². The van der Waals surface area contributed by atoms with E-state index in [-0.39, 0.29) is 12.4 Å². The van der Waals surface area contributed by atoms with Crippen LogP contribution in [0.2, 0.25) is 0 Å². The van der Waals surface area contributed by atoms with Crippen LogP contribution in [0.15, 0.2) is 95.7 Å². The summed E-state index contributed by atoms with van der Waals surface area (Å²) < 4.78 is 11.7. The van der Waals surface area contributed by atoms with Gasteiger partial charge in [0.15, 0.2) is 0 Å². The average molecular weight is 599 g/mol. The molecular formula is C33H43ClN2O2S2. The molecule has 2 aliphatic rings. The predicted octanol–water partition coefficient (Wildman–Crippen LogP) is 7.51. The molecule has 1 N–H and O–H groups in total. The quantitative estimate of drug-likeness (QED) is 0.194. The van der Waals surface area contributed by atoms with Crippen LogP contribution in [0, 0.1) is 0 Å². The van der Waals surface area contributed by atoms with Crippen LogP contribution < -0.4 is 5.32 Å². The molecule has 2 aromatic heterocycles. The van der Waals surface area contributed by atoms with Crippen LogP contribution >= 0.6 is 35.1 Å². The van der Waals surface area contributed by atoms with E-state index < -0.39 is 0 Å². The topological polar surface area (TPSA) is 33.7 Å². The first-order chi connectivity index (χ1) is 19.3. The van der Waals surface area contributed by atoms with Gasteiger partial charge in [0.25, 0.3) is 0 Å². The van der Waals surface area contributed by atoms with E-state index >= 15 is 0 Å². The lowest BCUT2D eigenvalue weighted by Crippen LogP contribution is -2.53. The minimum absolute atomic E-state index is 0. The number of rotatable bonds is 11. The highest BCUT2D eigenvalue weighted by Gasteiger charge is 2.34. The van der Waals surface area contributed by atoms with Crippen molar-refractivity contribution in [2.75, 3.05) is 39.4 Å². The molecule has 2 aliphatic heterocycles. The Morgan fingerprint density at radius 3 is 1.57 bits per heavy atom. The fraction of sp³-hybridized carbons (Fsp3) is 0.394. The number of thiophene rings is 2. The summed E-state index contributed by atoms with van der Waals surface area (Å²) in [5.74, 6) is 0. The van der Waals surface area contributed by atoms with Crippen LogP contribution in [0.1, 0.15) is 40.8 Å². The maximum atomic E-state index is 6.07. The van der Waals surface area contributed by atoms with E-state index in [1.54, 1.807) is 11.3 Å². The SMILES string of the molecule is CC.Cl.c1ccc(C(c2ccccc2)N2CC(OCCc3cccs3)C2)cc1.c1csc(CCOC2CNC2)c1. The summed E-state index contributed by atoms with van der Waals surface area (Å²) in [4.78, 5) is 5.34. The maximum absolute atomic E-state index is 6.07. The van der Waals surface area contributed by atoms with Crippen LogP contribution in [0.25, 0.3) is 0 Å². The fourth-order valence-corrected chi connectivity index (χ4v) is 5.99. The van der Waals surface area contributed by atoms with Gasteiger partial charge in [-0.05, 0) is 34.0 Å². The summed E-state index contributed by atoms with van der Waals surface area (Å²) in [6.45, 7) is 9.75. The van der Waals surface area contributed by atoms with Crippen molar-refractivity contribution in [3.05, 3.63) is 117 Å². The van der Waals surface area contributed by atoms with Crippen LogP contribution in [-0.4, -0.2) is 56.5 Å². The van der Waals surface area contributed by atoms with E-state index in [1.165, 1.54) is 20.9 Å². The second-order valence-corrected chi connectivity index (χ2v) is 11.5. The zero-order valence-electron chi connectivity index (χ0n) is 23.6. The monoisotopic (exact) mass is 598 g/mol. The van der Waals surface area contributed by atoms with Gasteiger partial charge in [-0.3, -0.25) is 4.90 Å². The highest BCUT2D eigenvalue weighted by Crippen LogP contribution is 2.33. The van der Waals surface area contributed by atoms with Crippen molar-refractivity contribution < 1.29 is 9.47 Å². The molecule has 4 aromatic rings. The molecule has 0 spiro atoms. The van der Waals surface area contributed by atoms with Gasteiger partial charge >= 0.3 is 0 Å². The smallest absolute Gasteiger partial charge is 0.0829 e. The van der Waals surface area contributed by atoms with Crippen molar-refractivity contribution in [3.63, 3.8) is 0 Å². The molecule has 4 nitrogen and oxygen atoms in total. The molecule has 6 rings (SSSR count). The number of likely N-dealkylation sites (tertiary alicyclic amines) is 1. The molecular weight excluding hydrogens is 556 g/mol. The Morgan fingerprint density at radius 1 is 0.700 bits per heavy atom.